The third kappa shape index (κ3) is 3.37. The molecule has 0 bridgehead atoms. The Kier molecular flexibility index (Phi) is 4.23. The second-order valence-corrected chi connectivity index (χ2v) is 4.90. The summed E-state index contributed by atoms with van der Waals surface area (Å²) in [6.45, 7) is 1.02. The molecule has 6 heteroatoms. The van der Waals surface area contributed by atoms with E-state index in [0.29, 0.717) is 24.2 Å². The number of nitriles is 1. The lowest BCUT2D eigenvalue weighted by Crippen LogP contribution is -2.12. The van der Waals surface area contributed by atoms with Gasteiger partial charge in [0.15, 0.2) is 0 Å². The van der Waals surface area contributed by atoms with Gasteiger partial charge in [-0.15, -0.1) is 11.3 Å². The van der Waals surface area contributed by atoms with Gasteiger partial charge in [-0.1, -0.05) is 18.2 Å². The van der Waals surface area contributed by atoms with Crippen LogP contribution in [0.25, 0.3) is 0 Å². The first-order valence-electron chi connectivity index (χ1n) is 5.61. The second-order valence-electron chi connectivity index (χ2n) is 3.90. The fourth-order valence-corrected chi connectivity index (χ4v) is 2.47. The average molecular weight is 273 g/mol. The Morgan fingerprint density at radius 3 is 2.84 bits per heavy atom. The first-order chi connectivity index (χ1) is 9.20. The zero-order chi connectivity index (χ0) is 13.7. The molecule has 1 aromatic carbocycles. The predicted octanol–water partition coefficient (Wildman–Crippen LogP) is 2.82. The van der Waals surface area contributed by atoms with Crippen LogP contribution in [0, 0.1) is 21.4 Å². The van der Waals surface area contributed by atoms with Gasteiger partial charge in [0.05, 0.1) is 10.5 Å². The van der Waals surface area contributed by atoms with E-state index in [1.807, 2.05) is 6.07 Å². The zero-order valence-corrected chi connectivity index (χ0v) is 10.8. The molecule has 1 aromatic heterocycles. The largest absolute Gasteiger partial charge is 0.308 e. The van der Waals surface area contributed by atoms with Crippen LogP contribution in [-0.4, -0.2) is 4.92 Å². The highest BCUT2D eigenvalue weighted by Crippen LogP contribution is 2.18. The molecule has 1 N–H and O–H groups in total. The standard InChI is InChI=1S/C13H11N3O2S/c14-6-10-5-12(19-9-10)8-15-7-11-3-1-2-4-13(11)16(17)18/h1-5,9,15H,7-8H2. The van der Waals surface area contributed by atoms with Crippen molar-refractivity contribution in [2.75, 3.05) is 0 Å². The summed E-state index contributed by atoms with van der Waals surface area (Å²) in [7, 11) is 0. The van der Waals surface area contributed by atoms with Crippen LogP contribution in [0.15, 0.2) is 35.7 Å². The Labute approximate surface area is 114 Å². The van der Waals surface area contributed by atoms with E-state index in [2.05, 4.69) is 11.4 Å². The number of nitro groups is 1. The lowest BCUT2D eigenvalue weighted by molar-refractivity contribution is -0.385. The van der Waals surface area contributed by atoms with Crippen LogP contribution in [0.2, 0.25) is 0 Å². The normalized spacial score (nSPS) is 10.1. The summed E-state index contributed by atoms with van der Waals surface area (Å²) in [5.74, 6) is 0. The van der Waals surface area contributed by atoms with Crippen LogP contribution in [0.5, 0.6) is 0 Å². The molecule has 0 aliphatic rings. The smallest absolute Gasteiger partial charge is 0.273 e. The third-order valence-electron chi connectivity index (χ3n) is 2.59. The number of thiophene rings is 1. The minimum Gasteiger partial charge on any atom is -0.308 e. The van der Waals surface area contributed by atoms with Crippen molar-refractivity contribution < 1.29 is 4.92 Å². The van der Waals surface area contributed by atoms with Gasteiger partial charge >= 0.3 is 0 Å². The molecule has 2 aromatic rings. The van der Waals surface area contributed by atoms with Crippen LogP contribution in [0.4, 0.5) is 5.69 Å². The summed E-state index contributed by atoms with van der Waals surface area (Å²) >= 11 is 1.50. The maximum Gasteiger partial charge on any atom is 0.273 e. The lowest BCUT2D eigenvalue weighted by Gasteiger charge is -2.04. The van der Waals surface area contributed by atoms with Crippen molar-refractivity contribution in [3.63, 3.8) is 0 Å². The Morgan fingerprint density at radius 2 is 2.16 bits per heavy atom. The van der Waals surface area contributed by atoms with E-state index in [1.165, 1.54) is 17.4 Å². The summed E-state index contributed by atoms with van der Waals surface area (Å²) in [6, 6.07) is 10.6. The number of hydrogen-bond donors (Lipinski definition) is 1. The molecule has 0 aliphatic heterocycles. The molecule has 0 atom stereocenters. The summed E-state index contributed by atoms with van der Waals surface area (Å²) < 4.78 is 0. The highest BCUT2D eigenvalue weighted by atomic mass is 32.1. The first kappa shape index (κ1) is 13.2. The van der Waals surface area contributed by atoms with E-state index in [0.717, 1.165) is 4.88 Å². The summed E-state index contributed by atoms with van der Waals surface area (Å²) in [6.07, 6.45) is 0. The van der Waals surface area contributed by atoms with Crippen molar-refractivity contribution in [2.24, 2.45) is 0 Å². The van der Waals surface area contributed by atoms with Crippen LogP contribution >= 0.6 is 11.3 Å². The molecular formula is C13H11N3O2S. The van der Waals surface area contributed by atoms with Gasteiger partial charge in [0, 0.05) is 35.0 Å². The third-order valence-corrected chi connectivity index (χ3v) is 3.52. The van der Waals surface area contributed by atoms with Crippen LogP contribution < -0.4 is 5.32 Å². The van der Waals surface area contributed by atoms with Crippen LogP contribution in [-0.2, 0) is 13.1 Å². The van der Waals surface area contributed by atoms with E-state index in [1.54, 1.807) is 23.6 Å². The molecule has 1 heterocycles. The van der Waals surface area contributed by atoms with Gasteiger partial charge in [-0.3, -0.25) is 10.1 Å². The Bertz CT molecular complexity index is 631. The Balaban J connectivity index is 1.96. The number of nitrogens with zero attached hydrogens (tertiary/aromatic N) is 2. The van der Waals surface area contributed by atoms with Crippen molar-refractivity contribution in [2.45, 2.75) is 13.1 Å². The number of para-hydroxylation sites is 1. The second kappa shape index (κ2) is 6.09. The van der Waals surface area contributed by atoms with Crippen molar-refractivity contribution in [1.29, 1.82) is 5.26 Å². The minimum atomic E-state index is -0.379. The van der Waals surface area contributed by atoms with Gasteiger partial charge in [0.1, 0.15) is 6.07 Å². The summed E-state index contributed by atoms with van der Waals surface area (Å²) in [4.78, 5) is 11.5. The zero-order valence-electron chi connectivity index (χ0n) is 10.00. The molecule has 0 unspecified atom stereocenters. The van der Waals surface area contributed by atoms with Gasteiger partial charge in [0.2, 0.25) is 0 Å². The average Bonchev–Trinajstić information content (AvgIpc) is 2.87. The maximum absolute atomic E-state index is 10.8. The minimum absolute atomic E-state index is 0.124. The van der Waals surface area contributed by atoms with Gasteiger partial charge in [-0.2, -0.15) is 5.26 Å². The number of rotatable bonds is 5. The first-order valence-corrected chi connectivity index (χ1v) is 6.49. The van der Waals surface area contributed by atoms with E-state index < -0.39 is 0 Å². The van der Waals surface area contributed by atoms with E-state index >= 15 is 0 Å². The fourth-order valence-electron chi connectivity index (χ4n) is 1.69. The molecule has 0 saturated heterocycles. The summed E-state index contributed by atoms with van der Waals surface area (Å²) in [5, 5.41) is 24.5. The number of hydrogen-bond acceptors (Lipinski definition) is 5. The molecule has 0 amide bonds. The van der Waals surface area contributed by atoms with E-state index in [9.17, 15) is 10.1 Å². The molecule has 19 heavy (non-hydrogen) atoms. The predicted molar refractivity (Wildman–Crippen MR) is 72.7 cm³/mol. The molecule has 0 spiro atoms. The highest BCUT2D eigenvalue weighted by molar-refractivity contribution is 7.10. The topological polar surface area (TPSA) is 79.0 Å². The summed E-state index contributed by atoms with van der Waals surface area (Å²) in [5.41, 5.74) is 1.43. The van der Waals surface area contributed by atoms with Crippen molar-refractivity contribution >= 4 is 17.0 Å². The van der Waals surface area contributed by atoms with E-state index in [-0.39, 0.29) is 10.6 Å². The van der Waals surface area contributed by atoms with Gasteiger partial charge < -0.3 is 5.32 Å². The quantitative estimate of drug-likeness (QED) is 0.671. The molecule has 0 fully saturated rings. The molecular weight excluding hydrogens is 262 g/mol. The molecule has 0 radical (unpaired) electrons. The SMILES string of the molecule is N#Cc1csc(CNCc2ccccc2[N+](=O)[O-])c1. The number of nitro benzene ring substituents is 1. The fraction of sp³-hybridized carbons (Fsp3) is 0.154. The van der Waals surface area contributed by atoms with Crippen molar-refractivity contribution in [1.82, 2.24) is 5.32 Å². The van der Waals surface area contributed by atoms with Crippen LogP contribution in [0.1, 0.15) is 16.0 Å². The molecule has 0 saturated carbocycles. The van der Waals surface area contributed by atoms with Crippen molar-refractivity contribution in [3.8, 4) is 6.07 Å². The van der Waals surface area contributed by atoms with Gasteiger partial charge in [-0.05, 0) is 6.07 Å². The van der Waals surface area contributed by atoms with Crippen LogP contribution in [0.3, 0.4) is 0 Å². The Hall–Kier alpha value is -2.23. The van der Waals surface area contributed by atoms with E-state index in [4.69, 9.17) is 5.26 Å². The Morgan fingerprint density at radius 1 is 1.37 bits per heavy atom. The highest BCUT2D eigenvalue weighted by Gasteiger charge is 2.11. The maximum atomic E-state index is 10.8. The monoisotopic (exact) mass is 273 g/mol. The number of nitrogens with one attached hydrogen (secondary N) is 1. The van der Waals surface area contributed by atoms with Gasteiger partial charge in [-0.25, -0.2) is 0 Å². The number of benzene rings is 1. The molecule has 2 rings (SSSR count). The molecule has 96 valence electrons. The molecule has 0 aliphatic carbocycles. The van der Waals surface area contributed by atoms with Gasteiger partial charge in [0.25, 0.3) is 5.69 Å². The lowest BCUT2D eigenvalue weighted by atomic mass is 10.2. The van der Waals surface area contributed by atoms with Crippen molar-refractivity contribution in [3.05, 3.63) is 61.8 Å². The molecule has 5 nitrogen and oxygen atoms in total.